The number of nitrogens with zero attached hydrogens (tertiary/aromatic N) is 1. The van der Waals surface area contributed by atoms with Crippen LogP contribution in [0.15, 0.2) is 41.1 Å². The van der Waals surface area contributed by atoms with E-state index < -0.39 is 0 Å². The minimum absolute atomic E-state index is 0.0250. The molecule has 5 heteroatoms. The van der Waals surface area contributed by atoms with E-state index in [1.165, 1.54) is 0 Å². The maximum Gasteiger partial charge on any atom is 0.227 e. The molecular formula is C18H20N2O2S. The van der Waals surface area contributed by atoms with Gasteiger partial charge in [0.2, 0.25) is 11.8 Å². The Morgan fingerprint density at radius 2 is 2.17 bits per heavy atom. The second-order valence-electron chi connectivity index (χ2n) is 5.97. The number of carbonyl (C=O) groups is 2. The molecule has 0 saturated heterocycles. The van der Waals surface area contributed by atoms with Gasteiger partial charge in [-0.1, -0.05) is 18.2 Å². The van der Waals surface area contributed by atoms with E-state index in [0.29, 0.717) is 25.8 Å². The number of para-hydroxylation sites is 1. The van der Waals surface area contributed by atoms with Crippen molar-refractivity contribution in [2.75, 3.05) is 12.4 Å². The van der Waals surface area contributed by atoms with Crippen LogP contribution in [0.3, 0.4) is 0 Å². The zero-order valence-electron chi connectivity index (χ0n) is 13.1. The van der Waals surface area contributed by atoms with Crippen molar-refractivity contribution in [2.24, 2.45) is 5.92 Å². The summed E-state index contributed by atoms with van der Waals surface area (Å²) in [6.07, 6.45) is 1.71. The summed E-state index contributed by atoms with van der Waals surface area (Å²) in [6, 6.07) is 9.88. The summed E-state index contributed by atoms with van der Waals surface area (Å²) in [6.45, 7) is 0.627. The first kappa shape index (κ1) is 15.7. The van der Waals surface area contributed by atoms with Gasteiger partial charge in [0.25, 0.3) is 0 Å². The lowest BCUT2D eigenvalue weighted by Crippen LogP contribution is -2.32. The second-order valence-corrected chi connectivity index (χ2v) is 6.75. The number of nitrogens with one attached hydrogen (secondary N) is 1. The van der Waals surface area contributed by atoms with Crippen LogP contribution < -0.4 is 5.32 Å². The van der Waals surface area contributed by atoms with Crippen LogP contribution in [0, 0.1) is 5.92 Å². The van der Waals surface area contributed by atoms with Gasteiger partial charge in [-0.25, -0.2) is 0 Å². The normalized spacial score (nSPS) is 16.6. The third kappa shape index (κ3) is 3.79. The molecule has 0 bridgehead atoms. The maximum atomic E-state index is 12.3. The number of carbonyl (C=O) groups excluding carboxylic acids is 2. The molecule has 1 aliphatic rings. The fourth-order valence-corrected chi connectivity index (χ4v) is 3.54. The lowest BCUT2D eigenvalue weighted by molar-refractivity contribution is -0.131. The van der Waals surface area contributed by atoms with Gasteiger partial charge in [-0.15, -0.1) is 0 Å². The molecule has 1 aromatic carbocycles. The van der Waals surface area contributed by atoms with Crippen molar-refractivity contribution in [1.82, 2.24) is 4.90 Å². The van der Waals surface area contributed by atoms with Gasteiger partial charge in [0, 0.05) is 31.6 Å². The summed E-state index contributed by atoms with van der Waals surface area (Å²) in [5, 5.41) is 7.00. The van der Waals surface area contributed by atoms with Crippen molar-refractivity contribution < 1.29 is 9.59 Å². The summed E-state index contributed by atoms with van der Waals surface area (Å²) in [7, 11) is 1.82. The quantitative estimate of drug-likeness (QED) is 0.915. The Balaban J connectivity index is 1.54. The van der Waals surface area contributed by atoms with Crippen LogP contribution in [0.1, 0.15) is 24.0 Å². The summed E-state index contributed by atoms with van der Waals surface area (Å²) < 4.78 is 0. The summed E-state index contributed by atoms with van der Waals surface area (Å²) in [4.78, 5) is 26.2. The molecule has 120 valence electrons. The van der Waals surface area contributed by atoms with Gasteiger partial charge in [0.15, 0.2) is 0 Å². The molecule has 0 fully saturated rings. The summed E-state index contributed by atoms with van der Waals surface area (Å²) in [5.41, 5.74) is 3.20. The highest BCUT2D eigenvalue weighted by atomic mass is 32.1. The molecular weight excluding hydrogens is 308 g/mol. The second kappa shape index (κ2) is 6.96. The Morgan fingerprint density at radius 1 is 1.35 bits per heavy atom. The predicted molar refractivity (Wildman–Crippen MR) is 92.3 cm³/mol. The van der Waals surface area contributed by atoms with Crippen LogP contribution in [0.5, 0.6) is 0 Å². The van der Waals surface area contributed by atoms with E-state index in [1.54, 1.807) is 16.2 Å². The zero-order chi connectivity index (χ0) is 16.2. The zero-order valence-corrected chi connectivity index (χ0v) is 13.9. The van der Waals surface area contributed by atoms with Crippen LogP contribution in [-0.2, 0) is 22.6 Å². The van der Waals surface area contributed by atoms with Crippen LogP contribution in [0.25, 0.3) is 0 Å². The molecule has 2 aromatic rings. The molecule has 0 radical (unpaired) electrons. The highest BCUT2D eigenvalue weighted by molar-refractivity contribution is 7.07. The fraction of sp³-hybridized carbons (Fsp3) is 0.333. The molecule has 0 saturated carbocycles. The molecule has 2 heterocycles. The average molecular weight is 328 g/mol. The van der Waals surface area contributed by atoms with Gasteiger partial charge >= 0.3 is 0 Å². The first-order valence-electron chi connectivity index (χ1n) is 7.77. The largest absolute Gasteiger partial charge is 0.341 e. The Bertz CT molecular complexity index is 697. The number of fused-ring (bicyclic) bond motifs is 1. The molecule has 23 heavy (non-hydrogen) atoms. The molecule has 3 rings (SSSR count). The van der Waals surface area contributed by atoms with Crippen LogP contribution >= 0.6 is 11.3 Å². The van der Waals surface area contributed by atoms with Gasteiger partial charge < -0.3 is 10.2 Å². The Labute approximate surface area is 140 Å². The van der Waals surface area contributed by atoms with E-state index in [-0.39, 0.29) is 17.7 Å². The Hall–Kier alpha value is -2.14. The molecule has 1 unspecified atom stereocenters. The maximum absolute atomic E-state index is 12.3. The summed E-state index contributed by atoms with van der Waals surface area (Å²) >= 11 is 1.63. The van der Waals surface area contributed by atoms with Crippen molar-refractivity contribution in [3.8, 4) is 0 Å². The first-order valence-corrected chi connectivity index (χ1v) is 8.71. The van der Waals surface area contributed by atoms with Crippen molar-refractivity contribution in [3.05, 3.63) is 52.2 Å². The van der Waals surface area contributed by atoms with Crippen molar-refractivity contribution in [1.29, 1.82) is 0 Å². The fourth-order valence-electron chi connectivity index (χ4n) is 2.88. The number of benzene rings is 1. The first-order chi connectivity index (χ1) is 11.1. The average Bonchev–Trinajstić information content (AvgIpc) is 3.05. The number of hydrogen-bond donors (Lipinski definition) is 1. The van der Waals surface area contributed by atoms with Gasteiger partial charge in [-0.2, -0.15) is 11.3 Å². The van der Waals surface area contributed by atoms with Crippen molar-refractivity contribution >= 4 is 28.8 Å². The molecule has 2 amide bonds. The Kier molecular flexibility index (Phi) is 4.76. The van der Waals surface area contributed by atoms with Crippen LogP contribution in [-0.4, -0.2) is 23.8 Å². The standard InChI is InChI=1S/C18H20N2O2S/c1-20(11-13-8-9-23-12-13)17(21)7-6-15-10-14-4-2-3-5-16(14)19-18(15)22/h2-5,8-9,12,15H,6-7,10-11H2,1H3,(H,19,22). The third-order valence-electron chi connectivity index (χ3n) is 4.24. The van der Waals surface area contributed by atoms with E-state index in [0.717, 1.165) is 16.8 Å². The predicted octanol–water partition coefficient (Wildman–Crippen LogP) is 3.30. The topological polar surface area (TPSA) is 49.4 Å². The summed E-state index contributed by atoms with van der Waals surface area (Å²) in [5.74, 6) is -0.0109. The van der Waals surface area contributed by atoms with Crippen molar-refractivity contribution in [2.45, 2.75) is 25.8 Å². The van der Waals surface area contributed by atoms with E-state index in [4.69, 9.17) is 0 Å². The third-order valence-corrected chi connectivity index (χ3v) is 4.98. The molecule has 0 spiro atoms. The van der Waals surface area contributed by atoms with E-state index in [2.05, 4.69) is 10.7 Å². The molecule has 0 aliphatic carbocycles. The molecule has 1 aliphatic heterocycles. The van der Waals surface area contributed by atoms with Gasteiger partial charge in [0.05, 0.1) is 0 Å². The number of amides is 2. The minimum Gasteiger partial charge on any atom is -0.341 e. The lowest BCUT2D eigenvalue weighted by atomic mass is 9.89. The van der Waals surface area contributed by atoms with E-state index in [9.17, 15) is 9.59 Å². The SMILES string of the molecule is CN(Cc1ccsc1)C(=O)CCC1Cc2ccccc2NC1=O. The van der Waals surface area contributed by atoms with Crippen LogP contribution in [0.4, 0.5) is 5.69 Å². The van der Waals surface area contributed by atoms with E-state index in [1.807, 2.05) is 42.8 Å². The molecule has 1 atom stereocenters. The minimum atomic E-state index is -0.122. The van der Waals surface area contributed by atoms with E-state index >= 15 is 0 Å². The highest BCUT2D eigenvalue weighted by Gasteiger charge is 2.26. The number of anilines is 1. The molecule has 1 N–H and O–H groups in total. The highest BCUT2D eigenvalue weighted by Crippen LogP contribution is 2.27. The number of thiophene rings is 1. The number of rotatable bonds is 5. The van der Waals surface area contributed by atoms with Gasteiger partial charge in [0.1, 0.15) is 0 Å². The van der Waals surface area contributed by atoms with Crippen molar-refractivity contribution in [3.63, 3.8) is 0 Å². The molecule has 1 aromatic heterocycles. The number of hydrogen-bond acceptors (Lipinski definition) is 3. The van der Waals surface area contributed by atoms with Gasteiger partial charge in [-0.3, -0.25) is 9.59 Å². The monoisotopic (exact) mass is 328 g/mol. The van der Waals surface area contributed by atoms with Crippen LogP contribution in [0.2, 0.25) is 0 Å². The molecule has 4 nitrogen and oxygen atoms in total. The Morgan fingerprint density at radius 3 is 2.96 bits per heavy atom. The van der Waals surface area contributed by atoms with Gasteiger partial charge in [-0.05, 0) is 46.9 Å². The smallest absolute Gasteiger partial charge is 0.227 e. The lowest BCUT2D eigenvalue weighted by Gasteiger charge is -2.25.